The first-order valence-electron chi connectivity index (χ1n) is 6.88. The summed E-state index contributed by atoms with van der Waals surface area (Å²) in [5.74, 6) is -1.40. The maximum Gasteiger partial charge on any atom is 0.306 e. The van der Waals surface area contributed by atoms with Gasteiger partial charge in [-0.1, -0.05) is 12.8 Å². The second-order valence-electron chi connectivity index (χ2n) is 5.30. The van der Waals surface area contributed by atoms with Gasteiger partial charge >= 0.3 is 5.97 Å². The predicted octanol–water partition coefficient (Wildman–Crippen LogP) is 2.46. The Bertz CT molecular complexity index is 600. The van der Waals surface area contributed by atoms with Crippen LogP contribution in [0.2, 0.25) is 0 Å². The van der Waals surface area contributed by atoms with Crippen molar-refractivity contribution in [3.63, 3.8) is 0 Å². The Morgan fingerprint density at radius 2 is 1.86 bits per heavy atom. The van der Waals surface area contributed by atoms with E-state index < -0.39 is 21.9 Å². The van der Waals surface area contributed by atoms with E-state index in [1.165, 1.54) is 0 Å². The highest BCUT2D eigenvalue weighted by atomic mass is 127. The molecule has 1 fully saturated rings. The van der Waals surface area contributed by atoms with Crippen molar-refractivity contribution in [2.45, 2.75) is 30.6 Å². The zero-order valence-corrected chi connectivity index (χ0v) is 14.4. The number of hydrogen-bond donors (Lipinski definition) is 2. The molecule has 7 heteroatoms. The molecule has 2 unspecified atom stereocenters. The normalized spacial score (nSPS) is 22.9. The van der Waals surface area contributed by atoms with E-state index in [1.54, 1.807) is 24.3 Å². The van der Waals surface area contributed by atoms with Crippen LogP contribution in [-0.2, 0) is 14.8 Å². The number of halogens is 1. The molecule has 5 nitrogen and oxygen atoms in total. The summed E-state index contributed by atoms with van der Waals surface area (Å²) in [4.78, 5) is 11.4. The summed E-state index contributed by atoms with van der Waals surface area (Å²) in [6.45, 7) is 0.186. The van der Waals surface area contributed by atoms with Crippen molar-refractivity contribution < 1.29 is 18.3 Å². The monoisotopic (exact) mass is 423 g/mol. The number of nitrogens with one attached hydrogen (secondary N) is 1. The van der Waals surface area contributed by atoms with Crippen LogP contribution < -0.4 is 4.72 Å². The van der Waals surface area contributed by atoms with E-state index in [4.69, 9.17) is 0 Å². The lowest BCUT2D eigenvalue weighted by atomic mass is 9.79. The third-order valence-corrected chi connectivity index (χ3v) is 6.04. The fourth-order valence-corrected chi connectivity index (χ4v) is 4.15. The first-order chi connectivity index (χ1) is 9.90. The molecule has 0 heterocycles. The molecule has 0 radical (unpaired) electrons. The summed E-state index contributed by atoms with van der Waals surface area (Å²) in [6, 6.07) is 6.57. The van der Waals surface area contributed by atoms with Crippen LogP contribution >= 0.6 is 22.6 Å². The third kappa shape index (κ3) is 4.40. The highest BCUT2D eigenvalue weighted by Crippen LogP contribution is 2.30. The second kappa shape index (κ2) is 7.06. The van der Waals surface area contributed by atoms with E-state index in [2.05, 4.69) is 27.3 Å². The lowest BCUT2D eigenvalue weighted by molar-refractivity contribution is -0.144. The van der Waals surface area contributed by atoms with Gasteiger partial charge in [-0.25, -0.2) is 13.1 Å². The molecule has 1 aliphatic carbocycles. The van der Waals surface area contributed by atoms with Crippen molar-refractivity contribution in [1.82, 2.24) is 4.72 Å². The molecular formula is C14H18INO4S. The lowest BCUT2D eigenvalue weighted by Gasteiger charge is -2.28. The SMILES string of the molecule is O=C(O)C1CCCCC1CNS(=O)(=O)c1ccc(I)cc1. The first-order valence-corrected chi connectivity index (χ1v) is 9.44. The number of rotatable bonds is 5. The molecule has 0 bridgehead atoms. The number of hydrogen-bond acceptors (Lipinski definition) is 3. The molecule has 2 rings (SSSR count). The average molecular weight is 423 g/mol. The number of carboxylic acids is 1. The second-order valence-corrected chi connectivity index (χ2v) is 8.31. The van der Waals surface area contributed by atoms with Gasteiger partial charge in [0.15, 0.2) is 0 Å². The number of aliphatic carboxylic acids is 1. The quantitative estimate of drug-likeness (QED) is 0.713. The highest BCUT2D eigenvalue weighted by molar-refractivity contribution is 14.1. The molecule has 0 amide bonds. The van der Waals surface area contributed by atoms with E-state index in [9.17, 15) is 18.3 Å². The Balaban J connectivity index is 2.03. The van der Waals surface area contributed by atoms with Gasteiger partial charge in [0.1, 0.15) is 0 Å². The van der Waals surface area contributed by atoms with E-state index in [0.29, 0.717) is 6.42 Å². The van der Waals surface area contributed by atoms with Crippen LogP contribution in [0.1, 0.15) is 25.7 Å². The average Bonchev–Trinajstić information content (AvgIpc) is 2.46. The zero-order chi connectivity index (χ0) is 15.5. The number of sulfonamides is 1. The maximum atomic E-state index is 12.2. The Morgan fingerprint density at radius 3 is 2.48 bits per heavy atom. The molecule has 1 aliphatic rings. The molecule has 2 atom stereocenters. The van der Waals surface area contributed by atoms with Crippen molar-refractivity contribution >= 4 is 38.6 Å². The number of benzene rings is 1. The van der Waals surface area contributed by atoms with Gasteiger partial charge in [-0.2, -0.15) is 0 Å². The van der Waals surface area contributed by atoms with Gasteiger partial charge in [0, 0.05) is 10.1 Å². The Morgan fingerprint density at radius 1 is 1.24 bits per heavy atom. The summed E-state index contributed by atoms with van der Waals surface area (Å²) in [6.07, 6.45) is 3.24. The van der Waals surface area contributed by atoms with Crippen LogP contribution in [0.25, 0.3) is 0 Å². The van der Waals surface area contributed by atoms with E-state index >= 15 is 0 Å². The van der Waals surface area contributed by atoms with Gasteiger partial charge < -0.3 is 5.11 Å². The fourth-order valence-electron chi connectivity index (χ4n) is 2.69. The minimum absolute atomic E-state index is 0.130. The number of carbonyl (C=O) groups is 1. The summed E-state index contributed by atoms with van der Waals surface area (Å²) >= 11 is 2.11. The van der Waals surface area contributed by atoms with Crippen molar-refractivity contribution in [3.05, 3.63) is 27.8 Å². The zero-order valence-electron chi connectivity index (χ0n) is 11.5. The standard InChI is InChI=1S/C14H18INO4S/c15-11-5-7-12(8-6-11)21(19,20)16-9-10-3-1-2-4-13(10)14(17)18/h5-8,10,13,16H,1-4,9H2,(H,17,18). The van der Waals surface area contributed by atoms with Crippen LogP contribution in [0.3, 0.4) is 0 Å². The van der Waals surface area contributed by atoms with Crippen molar-refractivity contribution in [2.24, 2.45) is 11.8 Å². The molecule has 1 aromatic carbocycles. The molecule has 0 aromatic heterocycles. The predicted molar refractivity (Wildman–Crippen MR) is 87.4 cm³/mol. The summed E-state index contributed by atoms with van der Waals surface area (Å²) < 4.78 is 27.9. The van der Waals surface area contributed by atoms with Gasteiger partial charge in [-0.3, -0.25) is 4.79 Å². The van der Waals surface area contributed by atoms with Crippen LogP contribution in [-0.4, -0.2) is 26.0 Å². The van der Waals surface area contributed by atoms with Gasteiger partial charge in [-0.05, 0) is 65.6 Å². The topological polar surface area (TPSA) is 83.5 Å². The molecule has 116 valence electrons. The molecule has 21 heavy (non-hydrogen) atoms. The van der Waals surface area contributed by atoms with Crippen LogP contribution in [0.5, 0.6) is 0 Å². The fraction of sp³-hybridized carbons (Fsp3) is 0.500. The van der Waals surface area contributed by atoms with Crippen molar-refractivity contribution in [1.29, 1.82) is 0 Å². The largest absolute Gasteiger partial charge is 0.481 e. The molecule has 0 saturated heterocycles. The maximum absolute atomic E-state index is 12.2. The Hall–Kier alpha value is -0.670. The Kier molecular flexibility index (Phi) is 5.61. The molecule has 2 N–H and O–H groups in total. The van der Waals surface area contributed by atoms with Crippen molar-refractivity contribution in [2.75, 3.05) is 6.54 Å². The van der Waals surface area contributed by atoms with Gasteiger partial charge in [0.25, 0.3) is 0 Å². The molecule has 0 aliphatic heterocycles. The highest BCUT2D eigenvalue weighted by Gasteiger charge is 2.31. The van der Waals surface area contributed by atoms with E-state index in [-0.39, 0.29) is 17.4 Å². The summed E-state index contributed by atoms with van der Waals surface area (Å²) in [5, 5.41) is 9.21. The van der Waals surface area contributed by atoms with E-state index in [0.717, 1.165) is 22.8 Å². The van der Waals surface area contributed by atoms with Gasteiger partial charge in [0.2, 0.25) is 10.0 Å². The molecular weight excluding hydrogens is 405 g/mol. The van der Waals surface area contributed by atoms with Crippen LogP contribution in [0.15, 0.2) is 29.2 Å². The Labute approximate surface area is 138 Å². The molecule has 0 spiro atoms. The first kappa shape index (κ1) is 16.7. The minimum Gasteiger partial charge on any atom is -0.481 e. The van der Waals surface area contributed by atoms with Crippen LogP contribution in [0, 0.1) is 15.4 Å². The minimum atomic E-state index is -3.57. The lowest BCUT2D eigenvalue weighted by Crippen LogP contribution is -2.37. The van der Waals surface area contributed by atoms with Gasteiger partial charge in [0.05, 0.1) is 10.8 Å². The van der Waals surface area contributed by atoms with Crippen molar-refractivity contribution in [3.8, 4) is 0 Å². The summed E-state index contributed by atoms with van der Waals surface area (Å²) in [7, 11) is -3.57. The third-order valence-electron chi connectivity index (χ3n) is 3.89. The van der Waals surface area contributed by atoms with Gasteiger partial charge in [-0.15, -0.1) is 0 Å². The van der Waals surface area contributed by atoms with Crippen LogP contribution in [0.4, 0.5) is 0 Å². The molecule has 1 saturated carbocycles. The number of carboxylic acid groups (broad SMARTS) is 1. The summed E-state index contributed by atoms with van der Waals surface area (Å²) in [5.41, 5.74) is 0. The molecule has 1 aromatic rings. The van der Waals surface area contributed by atoms with E-state index in [1.807, 2.05) is 0 Å². The smallest absolute Gasteiger partial charge is 0.306 e.